The number of rotatable bonds is 6. The van der Waals surface area contributed by atoms with E-state index in [0.29, 0.717) is 6.61 Å². The van der Waals surface area contributed by atoms with E-state index >= 15 is 0 Å². The number of carboxylic acids is 1. The summed E-state index contributed by atoms with van der Waals surface area (Å²) in [5.41, 5.74) is -0.0607. The zero-order valence-corrected chi connectivity index (χ0v) is 15.7. The molecule has 2 atom stereocenters. The number of carbonyl (C=O) groups excluding carboxylic acids is 1. The van der Waals surface area contributed by atoms with Gasteiger partial charge in [0, 0.05) is 29.7 Å². The molecular formula is C20H26N2O4. The van der Waals surface area contributed by atoms with Gasteiger partial charge in [-0.1, -0.05) is 32.0 Å². The summed E-state index contributed by atoms with van der Waals surface area (Å²) >= 11 is 0. The number of carbonyl (C=O) groups is 2. The van der Waals surface area contributed by atoms with E-state index < -0.39 is 16.9 Å². The summed E-state index contributed by atoms with van der Waals surface area (Å²) in [5.74, 6) is -1.32. The van der Waals surface area contributed by atoms with Crippen molar-refractivity contribution in [1.29, 1.82) is 0 Å². The summed E-state index contributed by atoms with van der Waals surface area (Å²) in [5, 5.41) is 13.7. The molecule has 0 radical (unpaired) electrons. The van der Waals surface area contributed by atoms with Crippen LogP contribution in [0.2, 0.25) is 0 Å². The fourth-order valence-electron chi connectivity index (χ4n) is 4.02. The minimum absolute atomic E-state index is 0.0871. The third-order valence-corrected chi connectivity index (χ3v) is 5.80. The molecular weight excluding hydrogens is 332 g/mol. The third-order valence-electron chi connectivity index (χ3n) is 5.80. The molecule has 1 heterocycles. The third kappa shape index (κ3) is 2.69. The number of fused-ring (bicyclic) bond motifs is 1. The second-order valence-corrected chi connectivity index (χ2v) is 7.56. The van der Waals surface area contributed by atoms with Crippen LogP contribution in [-0.4, -0.2) is 39.8 Å². The van der Waals surface area contributed by atoms with E-state index in [0.717, 1.165) is 16.6 Å². The van der Waals surface area contributed by atoms with Gasteiger partial charge in [-0.15, -0.1) is 0 Å². The molecule has 3 rings (SSSR count). The molecule has 1 aromatic heterocycles. The number of hydrogen-bond donors (Lipinski definition) is 2. The van der Waals surface area contributed by atoms with E-state index in [4.69, 9.17) is 4.74 Å². The molecule has 6 nitrogen and oxygen atoms in total. The molecule has 26 heavy (non-hydrogen) atoms. The molecule has 1 fully saturated rings. The molecule has 2 unspecified atom stereocenters. The van der Waals surface area contributed by atoms with Gasteiger partial charge in [0.05, 0.1) is 6.10 Å². The van der Waals surface area contributed by atoms with Crippen molar-refractivity contribution in [2.24, 2.45) is 5.41 Å². The Hall–Kier alpha value is -2.34. The van der Waals surface area contributed by atoms with Crippen LogP contribution in [0.5, 0.6) is 0 Å². The summed E-state index contributed by atoms with van der Waals surface area (Å²) < 4.78 is 7.55. The summed E-state index contributed by atoms with van der Waals surface area (Å²) in [6.07, 6.45) is 0.0957. The number of aromatic nitrogens is 1. The maximum Gasteiger partial charge on any atom is 0.330 e. The van der Waals surface area contributed by atoms with Gasteiger partial charge < -0.3 is 19.7 Å². The highest BCUT2D eigenvalue weighted by atomic mass is 16.5. The normalized spacial score (nSPS) is 24.2. The van der Waals surface area contributed by atoms with Gasteiger partial charge in [0.15, 0.2) is 0 Å². The zero-order valence-electron chi connectivity index (χ0n) is 15.7. The van der Waals surface area contributed by atoms with Crippen molar-refractivity contribution >= 4 is 22.8 Å². The first-order chi connectivity index (χ1) is 12.2. The molecule has 0 saturated heterocycles. The minimum Gasteiger partial charge on any atom is -0.479 e. The van der Waals surface area contributed by atoms with Crippen molar-refractivity contribution in [3.63, 3.8) is 0 Å². The Bertz CT molecular complexity index is 855. The lowest BCUT2D eigenvalue weighted by molar-refractivity contribution is -0.194. The number of benzene rings is 1. The minimum atomic E-state index is -1.30. The molecule has 1 aliphatic carbocycles. The second-order valence-electron chi connectivity index (χ2n) is 7.56. The topological polar surface area (TPSA) is 80.6 Å². The first-order valence-electron chi connectivity index (χ1n) is 8.94. The lowest BCUT2D eigenvalue weighted by atomic mass is 9.54. The second kappa shape index (κ2) is 6.43. The van der Waals surface area contributed by atoms with Crippen LogP contribution in [0, 0.1) is 12.3 Å². The highest BCUT2D eigenvalue weighted by molar-refractivity contribution is 5.90. The molecule has 1 aliphatic rings. The van der Waals surface area contributed by atoms with Gasteiger partial charge in [-0.2, -0.15) is 0 Å². The Morgan fingerprint density at radius 3 is 2.65 bits per heavy atom. The number of carboxylic acid groups (broad SMARTS) is 1. The Kier molecular flexibility index (Phi) is 4.56. The first-order valence-corrected chi connectivity index (χ1v) is 8.94. The van der Waals surface area contributed by atoms with Crippen LogP contribution in [-0.2, 0) is 20.9 Å². The number of amides is 1. The fraction of sp³-hybridized carbons (Fsp3) is 0.500. The van der Waals surface area contributed by atoms with E-state index in [-0.39, 0.29) is 25.0 Å². The van der Waals surface area contributed by atoms with E-state index in [2.05, 4.69) is 5.32 Å². The molecule has 0 spiro atoms. The van der Waals surface area contributed by atoms with Crippen LogP contribution in [0.4, 0.5) is 0 Å². The summed E-state index contributed by atoms with van der Waals surface area (Å²) in [6, 6.07) is 9.86. The number of hydrogen-bond acceptors (Lipinski definition) is 3. The molecule has 2 aromatic rings. The van der Waals surface area contributed by atoms with E-state index in [9.17, 15) is 14.7 Å². The average molecular weight is 358 g/mol. The molecule has 0 aliphatic heterocycles. The van der Waals surface area contributed by atoms with E-state index in [1.165, 1.54) is 0 Å². The van der Waals surface area contributed by atoms with Crippen molar-refractivity contribution in [2.75, 3.05) is 6.61 Å². The average Bonchev–Trinajstić information content (AvgIpc) is 2.89. The van der Waals surface area contributed by atoms with Gasteiger partial charge >= 0.3 is 5.97 Å². The van der Waals surface area contributed by atoms with Crippen molar-refractivity contribution in [3.05, 3.63) is 36.0 Å². The highest BCUT2D eigenvalue weighted by Gasteiger charge is 2.66. The first kappa shape index (κ1) is 18.5. The molecule has 140 valence electrons. The van der Waals surface area contributed by atoms with Crippen LogP contribution in [0.15, 0.2) is 30.3 Å². The summed E-state index contributed by atoms with van der Waals surface area (Å²) in [7, 11) is 0. The number of ether oxygens (including phenoxy) is 1. The molecule has 1 aromatic carbocycles. The van der Waals surface area contributed by atoms with E-state index in [1.807, 2.05) is 62.6 Å². The van der Waals surface area contributed by atoms with Crippen LogP contribution in [0.1, 0.15) is 32.9 Å². The predicted octanol–water partition coefficient (Wildman–Crippen LogP) is 2.72. The standard InChI is InChI=1S/C20H26N2O4/c1-5-26-16-11-20(18(24)25,19(16,3)4)21-17(23)12-22-13(2)10-14-8-6-7-9-15(14)22/h6-10,16H,5,11-12H2,1-4H3,(H,21,23)(H,24,25). The monoisotopic (exact) mass is 358 g/mol. The Morgan fingerprint density at radius 1 is 1.35 bits per heavy atom. The van der Waals surface area contributed by atoms with Crippen molar-refractivity contribution < 1.29 is 19.4 Å². The Morgan fingerprint density at radius 2 is 2.04 bits per heavy atom. The van der Waals surface area contributed by atoms with Gasteiger partial charge in [-0.25, -0.2) is 4.79 Å². The number of nitrogens with one attached hydrogen (secondary N) is 1. The summed E-state index contributed by atoms with van der Waals surface area (Å²) in [6.45, 7) is 8.10. The van der Waals surface area contributed by atoms with Gasteiger partial charge in [-0.3, -0.25) is 4.79 Å². The fourth-order valence-corrected chi connectivity index (χ4v) is 4.02. The lowest BCUT2D eigenvalue weighted by Crippen LogP contribution is -2.76. The van der Waals surface area contributed by atoms with Gasteiger partial charge in [0.2, 0.25) is 5.91 Å². The summed E-state index contributed by atoms with van der Waals surface area (Å²) in [4.78, 5) is 24.7. The van der Waals surface area contributed by atoms with Crippen molar-refractivity contribution in [1.82, 2.24) is 9.88 Å². The molecule has 0 bridgehead atoms. The molecule has 1 amide bonds. The number of nitrogens with zero attached hydrogens (tertiary/aromatic N) is 1. The number of para-hydroxylation sites is 1. The smallest absolute Gasteiger partial charge is 0.330 e. The Labute approximate surface area is 153 Å². The molecule has 6 heteroatoms. The molecule has 2 N–H and O–H groups in total. The van der Waals surface area contributed by atoms with E-state index in [1.54, 1.807) is 0 Å². The Balaban J connectivity index is 1.82. The maximum atomic E-state index is 12.7. The zero-order chi connectivity index (χ0) is 19.1. The SMILES string of the molecule is CCOC1CC(NC(=O)Cn2c(C)cc3ccccc32)(C(=O)O)C1(C)C. The largest absolute Gasteiger partial charge is 0.479 e. The van der Waals surface area contributed by atoms with Gasteiger partial charge in [0.1, 0.15) is 12.1 Å². The van der Waals surface area contributed by atoms with Crippen LogP contribution < -0.4 is 5.32 Å². The highest BCUT2D eigenvalue weighted by Crippen LogP contribution is 2.51. The van der Waals surface area contributed by atoms with Crippen LogP contribution >= 0.6 is 0 Å². The number of aliphatic carboxylic acids is 1. The van der Waals surface area contributed by atoms with Crippen molar-refractivity contribution in [3.8, 4) is 0 Å². The molecule has 1 saturated carbocycles. The van der Waals surface area contributed by atoms with Crippen molar-refractivity contribution in [2.45, 2.75) is 52.3 Å². The predicted molar refractivity (Wildman–Crippen MR) is 99.0 cm³/mol. The van der Waals surface area contributed by atoms with Crippen LogP contribution in [0.25, 0.3) is 10.9 Å². The van der Waals surface area contributed by atoms with Gasteiger partial charge in [-0.05, 0) is 31.4 Å². The lowest BCUT2D eigenvalue weighted by Gasteiger charge is -2.58. The maximum absolute atomic E-state index is 12.7. The number of aryl methyl sites for hydroxylation is 1. The van der Waals surface area contributed by atoms with Gasteiger partial charge in [0.25, 0.3) is 0 Å². The van der Waals surface area contributed by atoms with Crippen LogP contribution in [0.3, 0.4) is 0 Å². The quantitative estimate of drug-likeness (QED) is 0.832.